The van der Waals surface area contributed by atoms with Gasteiger partial charge in [0.15, 0.2) is 5.84 Å². The maximum Gasteiger partial charge on any atom is 0.286 e. The van der Waals surface area contributed by atoms with Gasteiger partial charge in [0, 0.05) is 12.2 Å². The molecule has 2 saturated carbocycles. The van der Waals surface area contributed by atoms with Crippen molar-refractivity contribution >= 4 is 43.2 Å². The molecule has 2 aromatic carbocycles. The molecule has 14 heteroatoms. The predicted molar refractivity (Wildman–Crippen MR) is 141 cm³/mol. The van der Waals surface area contributed by atoms with Gasteiger partial charge in [-0.15, -0.1) is 4.40 Å². The van der Waals surface area contributed by atoms with E-state index >= 15 is 0 Å². The Hall–Kier alpha value is -3.49. The third kappa shape index (κ3) is 4.08. The van der Waals surface area contributed by atoms with E-state index in [0.717, 1.165) is 25.2 Å². The van der Waals surface area contributed by atoms with Crippen molar-refractivity contribution in [3.63, 3.8) is 0 Å². The van der Waals surface area contributed by atoms with Crippen LogP contribution in [0.1, 0.15) is 24.8 Å². The average molecular weight is 576 g/mol. The lowest BCUT2D eigenvalue weighted by atomic mass is 9.73. The standard InChI is InChI=1S/C25H26FN5O6S2/c1-38(34,35)29-17-8-9-18-19(11-17)39(36,37)30-23(28-18)20-22(32)21-14-4-5-15(10-14)25(21,27)31(24(20)33)12-13-2-6-16(26)7-3-13/h2-3,6-9,11,14-15,21,29,32H,4-5,10,12,27H2,1H3,(H,28,30)/t14-,15+,21-,25-/m0/s1. The minimum atomic E-state index is -4.39. The topological polar surface area (TPSA) is 171 Å². The maximum atomic E-state index is 14.0. The Labute approximate surface area is 224 Å². The molecule has 0 spiro atoms. The Balaban J connectivity index is 1.44. The lowest BCUT2D eigenvalue weighted by molar-refractivity contribution is -0.142. The van der Waals surface area contributed by atoms with Crippen molar-refractivity contribution in [2.75, 3.05) is 16.3 Å². The van der Waals surface area contributed by atoms with E-state index in [1.54, 1.807) is 12.1 Å². The van der Waals surface area contributed by atoms with Gasteiger partial charge in [-0.25, -0.2) is 12.8 Å². The summed E-state index contributed by atoms with van der Waals surface area (Å²) in [6.45, 7) is 0.0310. The molecule has 0 unspecified atom stereocenters. The summed E-state index contributed by atoms with van der Waals surface area (Å²) < 4.78 is 69.2. The number of carbonyl (C=O) groups excluding carboxylic acids is 1. The molecule has 2 fully saturated rings. The lowest BCUT2D eigenvalue weighted by Gasteiger charge is -2.51. The van der Waals surface area contributed by atoms with Gasteiger partial charge in [0.1, 0.15) is 27.7 Å². The number of anilines is 2. The van der Waals surface area contributed by atoms with Crippen molar-refractivity contribution in [3.8, 4) is 0 Å². The van der Waals surface area contributed by atoms with E-state index in [-0.39, 0.29) is 51.8 Å². The molecular formula is C25H26FN5O6S2. The van der Waals surface area contributed by atoms with Crippen molar-refractivity contribution < 1.29 is 31.1 Å². The van der Waals surface area contributed by atoms with Crippen LogP contribution >= 0.6 is 0 Å². The van der Waals surface area contributed by atoms with Crippen LogP contribution < -0.4 is 15.8 Å². The van der Waals surface area contributed by atoms with Crippen LogP contribution in [-0.2, 0) is 31.4 Å². The molecule has 6 rings (SSSR count). The number of hydrogen-bond acceptors (Lipinski definition) is 8. The van der Waals surface area contributed by atoms with Crippen LogP contribution in [0.4, 0.5) is 15.8 Å². The van der Waals surface area contributed by atoms with E-state index in [1.165, 1.54) is 29.2 Å². The van der Waals surface area contributed by atoms with Crippen molar-refractivity contribution in [1.82, 2.24) is 4.90 Å². The van der Waals surface area contributed by atoms with Crippen molar-refractivity contribution in [3.05, 3.63) is 65.2 Å². The second-order valence-electron chi connectivity index (χ2n) is 10.5. The minimum Gasteiger partial charge on any atom is -0.511 e. The number of fused-ring (bicyclic) bond motifs is 6. The van der Waals surface area contributed by atoms with E-state index in [9.17, 15) is 31.1 Å². The molecule has 0 saturated heterocycles. The smallest absolute Gasteiger partial charge is 0.286 e. The SMILES string of the molecule is CS(=O)(=O)Nc1ccc2c(c1)S(=O)(=O)N=C(C1=C(O)[C@@H]3[C@H]4CC[C@H](C4)[C@]3(N)N(Cc3ccc(F)cc3)C1=O)N2. The number of sulfonamides is 2. The largest absolute Gasteiger partial charge is 0.511 e. The van der Waals surface area contributed by atoms with Gasteiger partial charge in [-0.1, -0.05) is 12.1 Å². The van der Waals surface area contributed by atoms with Crippen molar-refractivity contribution in [2.45, 2.75) is 36.4 Å². The highest BCUT2D eigenvalue weighted by atomic mass is 32.2. The second-order valence-corrected chi connectivity index (χ2v) is 13.9. The lowest BCUT2D eigenvalue weighted by Crippen LogP contribution is -2.68. The molecule has 5 N–H and O–H groups in total. The van der Waals surface area contributed by atoms with Gasteiger partial charge < -0.3 is 21.1 Å². The number of amidine groups is 1. The average Bonchev–Trinajstić information content (AvgIpc) is 3.43. The second kappa shape index (κ2) is 8.50. The summed E-state index contributed by atoms with van der Waals surface area (Å²) in [6.07, 6.45) is 3.24. The Kier molecular flexibility index (Phi) is 5.62. The monoisotopic (exact) mass is 575 g/mol. The highest BCUT2D eigenvalue weighted by molar-refractivity contribution is 7.92. The predicted octanol–water partition coefficient (Wildman–Crippen LogP) is 2.27. The minimum absolute atomic E-state index is 0.00322. The van der Waals surface area contributed by atoms with Crippen LogP contribution in [0, 0.1) is 23.6 Å². The quantitative estimate of drug-likeness (QED) is 0.420. The third-order valence-corrected chi connectivity index (χ3v) is 10.0. The number of benzene rings is 2. The first-order valence-electron chi connectivity index (χ1n) is 12.3. The molecule has 0 radical (unpaired) electrons. The van der Waals surface area contributed by atoms with Crippen LogP contribution in [0.25, 0.3) is 0 Å². The fourth-order valence-electron chi connectivity index (χ4n) is 6.53. The molecule has 11 nitrogen and oxygen atoms in total. The first-order valence-corrected chi connectivity index (χ1v) is 15.6. The number of amides is 1. The van der Waals surface area contributed by atoms with Gasteiger partial charge >= 0.3 is 0 Å². The fourth-order valence-corrected chi connectivity index (χ4v) is 8.23. The van der Waals surface area contributed by atoms with E-state index in [1.807, 2.05) is 0 Å². The summed E-state index contributed by atoms with van der Waals surface area (Å²) in [5.74, 6) is -2.46. The van der Waals surface area contributed by atoms with Crippen molar-refractivity contribution in [1.29, 1.82) is 0 Å². The maximum absolute atomic E-state index is 14.0. The van der Waals surface area contributed by atoms with Crippen LogP contribution in [0.15, 0.2) is 63.1 Å². The highest BCUT2D eigenvalue weighted by Crippen LogP contribution is 2.59. The zero-order valence-electron chi connectivity index (χ0n) is 20.8. The summed E-state index contributed by atoms with van der Waals surface area (Å²) in [4.78, 5) is 15.2. The van der Waals surface area contributed by atoms with Crippen LogP contribution in [0.2, 0.25) is 0 Å². The zero-order valence-corrected chi connectivity index (χ0v) is 22.4. The molecular weight excluding hydrogens is 549 g/mol. The Morgan fingerprint density at radius 3 is 2.64 bits per heavy atom. The van der Waals surface area contributed by atoms with Crippen LogP contribution in [0.5, 0.6) is 0 Å². The van der Waals surface area contributed by atoms with Gasteiger partial charge in [-0.05, 0) is 67.0 Å². The Morgan fingerprint density at radius 1 is 1.23 bits per heavy atom. The molecule has 2 aromatic rings. The van der Waals surface area contributed by atoms with Gasteiger partial charge in [0.2, 0.25) is 10.0 Å². The number of halogens is 1. The van der Waals surface area contributed by atoms with E-state index in [4.69, 9.17) is 5.73 Å². The molecule has 2 aliphatic heterocycles. The summed E-state index contributed by atoms with van der Waals surface area (Å²) in [5.41, 5.74) is 6.17. The fraction of sp³-hybridized carbons (Fsp3) is 0.360. The van der Waals surface area contributed by atoms with E-state index in [0.29, 0.717) is 12.0 Å². The number of carbonyl (C=O) groups is 1. The van der Waals surface area contributed by atoms with Crippen molar-refractivity contribution in [2.24, 2.45) is 27.9 Å². The summed E-state index contributed by atoms with van der Waals surface area (Å²) >= 11 is 0. The Morgan fingerprint density at radius 2 is 1.95 bits per heavy atom. The van der Waals surface area contributed by atoms with Crippen LogP contribution in [-0.4, -0.2) is 50.5 Å². The summed E-state index contributed by atoms with van der Waals surface area (Å²) in [7, 11) is -8.05. The number of aliphatic hydroxyl groups excluding tert-OH is 1. The highest BCUT2D eigenvalue weighted by Gasteiger charge is 2.65. The van der Waals surface area contributed by atoms with E-state index in [2.05, 4.69) is 14.4 Å². The van der Waals surface area contributed by atoms with E-state index < -0.39 is 43.4 Å². The molecule has 4 aliphatic rings. The summed E-state index contributed by atoms with van der Waals surface area (Å²) in [6, 6.07) is 9.49. The molecule has 39 heavy (non-hydrogen) atoms. The molecule has 2 heterocycles. The number of aliphatic hydroxyl groups is 1. The molecule has 2 bridgehead atoms. The third-order valence-electron chi connectivity index (χ3n) is 8.09. The first-order chi connectivity index (χ1) is 18.3. The molecule has 4 atom stereocenters. The van der Waals surface area contributed by atoms with Gasteiger partial charge in [-0.3, -0.25) is 9.52 Å². The molecule has 1 amide bonds. The van der Waals surface area contributed by atoms with Crippen LogP contribution in [0.3, 0.4) is 0 Å². The molecule has 206 valence electrons. The first kappa shape index (κ1) is 25.8. The zero-order chi connectivity index (χ0) is 27.9. The number of nitrogens with zero attached hydrogens (tertiary/aromatic N) is 2. The number of nitrogens with one attached hydrogen (secondary N) is 2. The molecule has 2 aliphatic carbocycles. The summed E-state index contributed by atoms with van der Waals surface area (Å²) in [5, 5.41) is 14.3. The number of rotatable bonds is 5. The number of hydrogen-bond donors (Lipinski definition) is 4. The van der Waals surface area contributed by atoms with Gasteiger partial charge in [-0.2, -0.15) is 8.42 Å². The normalized spacial score (nSPS) is 29.0. The number of nitrogens with two attached hydrogens (primary N) is 1. The molecule has 0 aromatic heterocycles. The van der Waals surface area contributed by atoms with Gasteiger partial charge in [0.25, 0.3) is 15.9 Å². The van der Waals surface area contributed by atoms with Gasteiger partial charge in [0.05, 0.1) is 17.9 Å². The Bertz CT molecular complexity index is 1690.